The van der Waals surface area contributed by atoms with Crippen molar-refractivity contribution in [1.82, 2.24) is 24.7 Å². The molecule has 3 N–H and O–H groups in total. The van der Waals surface area contributed by atoms with Gasteiger partial charge in [0, 0.05) is 29.4 Å². The summed E-state index contributed by atoms with van der Waals surface area (Å²) in [5, 5.41) is 10.7. The smallest absolute Gasteiger partial charge is 0.324 e. The molecule has 0 aliphatic rings. The Kier molecular flexibility index (Phi) is 7.08. The summed E-state index contributed by atoms with van der Waals surface area (Å²) in [7, 11) is 0. The summed E-state index contributed by atoms with van der Waals surface area (Å²) in [5.41, 5.74) is 3.50. The van der Waals surface area contributed by atoms with E-state index in [1.54, 1.807) is 29.1 Å². The number of H-pyrrole nitrogens is 1. The number of nitrogens with zero attached hydrogens (tertiary/aromatic N) is 4. The highest BCUT2D eigenvalue weighted by Crippen LogP contribution is 2.33. The van der Waals surface area contributed by atoms with Gasteiger partial charge in [0.25, 0.3) is 5.56 Å². The summed E-state index contributed by atoms with van der Waals surface area (Å²) in [6, 6.07) is 18.3. The predicted molar refractivity (Wildman–Crippen MR) is 156 cm³/mol. The minimum absolute atomic E-state index is 0.0878. The number of rotatable bonds is 6. The molecule has 3 heterocycles. The summed E-state index contributed by atoms with van der Waals surface area (Å²) in [6.07, 6.45) is 2.74. The lowest BCUT2D eigenvalue weighted by molar-refractivity contribution is 0.262. The SMILES string of the molecule is CC(C)c1cc(Oc2ccnc3[nH]c(=O)cnc23)ccc1NC(=O)Nc1cc(C(C)(C)C)nn1-c1ccccc1. The lowest BCUT2D eigenvalue weighted by atomic mass is 9.92. The molecule has 3 aromatic heterocycles. The van der Waals surface area contributed by atoms with Gasteiger partial charge in [-0.1, -0.05) is 52.8 Å². The van der Waals surface area contributed by atoms with Crippen molar-refractivity contribution < 1.29 is 9.53 Å². The maximum Gasteiger partial charge on any atom is 0.324 e. The van der Waals surface area contributed by atoms with E-state index in [1.165, 1.54) is 6.20 Å². The summed E-state index contributed by atoms with van der Waals surface area (Å²) >= 11 is 0. The van der Waals surface area contributed by atoms with E-state index in [0.29, 0.717) is 34.2 Å². The Morgan fingerprint density at radius 2 is 1.77 bits per heavy atom. The highest BCUT2D eigenvalue weighted by molar-refractivity contribution is 6.00. The van der Waals surface area contributed by atoms with Crippen LogP contribution in [0.2, 0.25) is 0 Å². The van der Waals surface area contributed by atoms with E-state index in [-0.39, 0.29) is 22.9 Å². The first-order chi connectivity index (χ1) is 19.1. The minimum atomic E-state index is -0.388. The zero-order valence-electron chi connectivity index (χ0n) is 23.0. The molecule has 0 radical (unpaired) electrons. The third-order valence-electron chi connectivity index (χ3n) is 6.28. The number of para-hydroxylation sites is 1. The summed E-state index contributed by atoms with van der Waals surface area (Å²) in [4.78, 5) is 35.8. The van der Waals surface area contributed by atoms with Gasteiger partial charge in [0.15, 0.2) is 11.4 Å². The molecular formula is C30H31N7O3. The fourth-order valence-electron chi connectivity index (χ4n) is 4.20. The lowest BCUT2D eigenvalue weighted by Gasteiger charge is -2.17. The Labute approximate surface area is 231 Å². The van der Waals surface area contributed by atoms with Crippen LogP contribution in [0, 0.1) is 0 Å². The van der Waals surface area contributed by atoms with E-state index in [4.69, 9.17) is 9.84 Å². The van der Waals surface area contributed by atoms with Crippen LogP contribution in [0.15, 0.2) is 77.9 Å². The molecule has 0 bridgehead atoms. The van der Waals surface area contributed by atoms with E-state index in [2.05, 4.69) is 46.4 Å². The molecule has 0 unspecified atom stereocenters. The highest BCUT2D eigenvalue weighted by atomic mass is 16.5. The summed E-state index contributed by atoms with van der Waals surface area (Å²) in [5.74, 6) is 1.67. The molecule has 2 aromatic carbocycles. The van der Waals surface area contributed by atoms with Gasteiger partial charge in [-0.05, 0) is 41.8 Å². The van der Waals surface area contributed by atoms with E-state index in [9.17, 15) is 9.59 Å². The number of urea groups is 1. The largest absolute Gasteiger partial charge is 0.455 e. The van der Waals surface area contributed by atoms with E-state index in [0.717, 1.165) is 16.9 Å². The van der Waals surface area contributed by atoms with E-state index >= 15 is 0 Å². The zero-order valence-corrected chi connectivity index (χ0v) is 23.0. The first-order valence-corrected chi connectivity index (χ1v) is 13.0. The van der Waals surface area contributed by atoms with Gasteiger partial charge in [-0.15, -0.1) is 0 Å². The van der Waals surface area contributed by atoms with Crippen LogP contribution in [0.1, 0.15) is 51.8 Å². The number of benzene rings is 2. The van der Waals surface area contributed by atoms with Crippen LogP contribution >= 0.6 is 0 Å². The van der Waals surface area contributed by atoms with Crippen molar-refractivity contribution in [3.05, 3.63) is 94.7 Å². The monoisotopic (exact) mass is 537 g/mol. The lowest BCUT2D eigenvalue weighted by Crippen LogP contribution is -2.22. The van der Waals surface area contributed by atoms with Crippen molar-refractivity contribution in [1.29, 1.82) is 0 Å². The van der Waals surface area contributed by atoms with Crippen LogP contribution in [-0.2, 0) is 5.41 Å². The Hall–Kier alpha value is -4.99. The molecule has 0 atom stereocenters. The normalized spacial score (nSPS) is 11.6. The number of fused-ring (bicyclic) bond motifs is 1. The van der Waals surface area contributed by atoms with Gasteiger partial charge in [-0.2, -0.15) is 5.10 Å². The highest BCUT2D eigenvalue weighted by Gasteiger charge is 2.22. The molecule has 5 rings (SSSR count). The number of nitrogens with one attached hydrogen (secondary N) is 3. The standard InChI is InChI=1S/C30H31N7O3/c1-18(2)21-15-20(40-23-13-14-31-28-27(23)32-17-26(38)35-28)11-12-22(21)33-29(39)34-25-16-24(30(3,4)5)36-37(25)19-9-7-6-8-10-19/h6-18H,1-5H3,(H,31,35,38)(H2,33,34,39). The number of ether oxygens (including phenoxy) is 1. The van der Waals surface area contributed by atoms with Crippen molar-refractivity contribution in [2.24, 2.45) is 0 Å². The van der Waals surface area contributed by atoms with Crippen LogP contribution in [0.25, 0.3) is 16.9 Å². The van der Waals surface area contributed by atoms with Crippen LogP contribution in [0.5, 0.6) is 11.5 Å². The topological polar surface area (TPSA) is 127 Å². The maximum absolute atomic E-state index is 13.2. The molecule has 0 aliphatic carbocycles. The van der Waals surface area contributed by atoms with E-state index < -0.39 is 0 Å². The molecule has 0 saturated heterocycles. The van der Waals surface area contributed by atoms with Gasteiger partial charge < -0.3 is 15.0 Å². The van der Waals surface area contributed by atoms with Gasteiger partial charge in [-0.3, -0.25) is 10.1 Å². The fraction of sp³-hybridized carbons (Fsp3) is 0.233. The molecule has 0 spiro atoms. The summed E-state index contributed by atoms with van der Waals surface area (Å²) in [6.45, 7) is 10.3. The Balaban J connectivity index is 1.40. The van der Waals surface area contributed by atoms with Gasteiger partial charge in [0.2, 0.25) is 0 Å². The second-order valence-corrected chi connectivity index (χ2v) is 10.8. The predicted octanol–water partition coefficient (Wildman–Crippen LogP) is 6.36. The number of carbonyl (C=O) groups is 1. The molecule has 5 aromatic rings. The first kappa shape index (κ1) is 26.6. The Bertz CT molecular complexity index is 1730. The second kappa shape index (κ2) is 10.6. The molecule has 10 nitrogen and oxygen atoms in total. The molecule has 0 aliphatic heterocycles. The van der Waals surface area contributed by atoms with Crippen molar-refractivity contribution in [3.63, 3.8) is 0 Å². The van der Waals surface area contributed by atoms with Crippen molar-refractivity contribution >= 4 is 28.7 Å². The average molecular weight is 538 g/mol. The molecule has 0 fully saturated rings. The number of pyridine rings is 1. The van der Waals surface area contributed by atoms with E-state index in [1.807, 2.05) is 56.3 Å². The number of carbonyl (C=O) groups excluding carboxylic acids is 1. The van der Waals surface area contributed by atoms with Crippen molar-refractivity contribution in [2.75, 3.05) is 10.6 Å². The molecule has 2 amide bonds. The van der Waals surface area contributed by atoms with Crippen LogP contribution in [0.4, 0.5) is 16.3 Å². The van der Waals surface area contributed by atoms with Crippen LogP contribution in [0.3, 0.4) is 0 Å². The van der Waals surface area contributed by atoms with Gasteiger partial charge in [-0.25, -0.2) is 19.4 Å². The number of hydrogen-bond donors (Lipinski definition) is 3. The molecular weight excluding hydrogens is 506 g/mol. The van der Waals surface area contributed by atoms with Gasteiger partial charge in [0.05, 0.1) is 17.6 Å². The third-order valence-corrected chi connectivity index (χ3v) is 6.28. The molecule has 10 heteroatoms. The zero-order chi connectivity index (χ0) is 28.4. The van der Waals surface area contributed by atoms with Crippen LogP contribution in [-0.4, -0.2) is 30.8 Å². The quantitative estimate of drug-likeness (QED) is 0.231. The maximum atomic E-state index is 13.2. The molecule has 40 heavy (non-hydrogen) atoms. The molecule has 204 valence electrons. The number of aromatic amines is 1. The van der Waals surface area contributed by atoms with Gasteiger partial charge >= 0.3 is 6.03 Å². The van der Waals surface area contributed by atoms with Crippen molar-refractivity contribution in [2.45, 2.75) is 46.0 Å². The number of hydrogen-bond acceptors (Lipinski definition) is 6. The number of anilines is 2. The van der Waals surface area contributed by atoms with Gasteiger partial charge in [0.1, 0.15) is 17.1 Å². The Morgan fingerprint density at radius 3 is 2.50 bits per heavy atom. The summed E-state index contributed by atoms with van der Waals surface area (Å²) < 4.78 is 7.85. The molecule has 0 saturated carbocycles. The Morgan fingerprint density at radius 1 is 1.00 bits per heavy atom. The third kappa shape index (κ3) is 5.70. The second-order valence-electron chi connectivity index (χ2n) is 10.8. The number of aromatic nitrogens is 5. The van der Waals surface area contributed by atoms with Crippen molar-refractivity contribution in [3.8, 4) is 17.2 Å². The first-order valence-electron chi connectivity index (χ1n) is 13.0. The van der Waals surface area contributed by atoms with Crippen LogP contribution < -0.4 is 20.9 Å². The minimum Gasteiger partial charge on any atom is -0.455 e. The average Bonchev–Trinajstić information content (AvgIpc) is 3.34. The number of amides is 2. The fourth-order valence-corrected chi connectivity index (χ4v) is 4.20.